The van der Waals surface area contributed by atoms with Gasteiger partial charge in [0.25, 0.3) is 5.91 Å². The lowest BCUT2D eigenvalue weighted by molar-refractivity contribution is 0.102. The molecular formula is C11H9BrFN3OS. The number of carbonyl (C=O) groups excluding carboxylic acids is 1. The largest absolute Gasteiger partial charge is 0.296 e. The number of nitrogens with zero attached hydrogens (tertiary/aromatic N) is 2. The number of benzene rings is 1. The highest BCUT2D eigenvalue weighted by Gasteiger charge is 2.16. The number of aryl methyl sites for hydroxylation is 1. The summed E-state index contributed by atoms with van der Waals surface area (Å²) in [5, 5.41) is 11.4. The number of anilines is 1. The maximum Gasteiger partial charge on any atom is 0.261 e. The molecule has 0 spiro atoms. The summed E-state index contributed by atoms with van der Waals surface area (Å²) in [5.41, 5.74) is -0.0363. The van der Waals surface area contributed by atoms with Crippen LogP contribution < -0.4 is 5.32 Å². The highest BCUT2D eigenvalue weighted by atomic mass is 79.9. The van der Waals surface area contributed by atoms with Crippen molar-refractivity contribution in [3.63, 3.8) is 0 Å². The first-order valence-electron chi connectivity index (χ1n) is 5.19. The highest BCUT2D eigenvalue weighted by Crippen LogP contribution is 2.22. The van der Waals surface area contributed by atoms with Crippen molar-refractivity contribution in [1.29, 1.82) is 0 Å². The van der Waals surface area contributed by atoms with Gasteiger partial charge in [-0.1, -0.05) is 24.3 Å². The summed E-state index contributed by atoms with van der Waals surface area (Å²) in [7, 11) is 0. The molecule has 1 amide bonds. The van der Waals surface area contributed by atoms with E-state index in [4.69, 9.17) is 0 Å². The number of halogens is 2. The van der Waals surface area contributed by atoms with Crippen LogP contribution in [0.1, 0.15) is 22.3 Å². The third kappa shape index (κ3) is 2.73. The lowest BCUT2D eigenvalue weighted by Gasteiger charge is -2.04. The summed E-state index contributed by atoms with van der Waals surface area (Å²) in [6.45, 7) is 1.94. The minimum atomic E-state index is -0.581. The van der Waals surface area contributed by atoms with Crippen molar-refractivity contribution in [2.24, 2.45) is 0 Å². The molecule has 1 aromatic heterocycles. The van der Waals surface area contributed by atoms with E-state index in [0.29, 0.717) is 9.60 Å². The Morgan fingerprint density at radius 3 is 2.89 bits per heavy atom. The molecule has 0 unspecified atom stereocenters. The molecule has 0 radical (unpaired) electrons. The van der Waals surface area contributed by atoms with Gasteiger partial charge in [-0.25, -0.2) is 4.39 Å². The second kappa shape index (κ2) is 5.53. The standard InChI is InChI=1S/C11H9BrFN3OS/c1-2-8-15-16-11(18-8)14-10(17)9-6(12)4-3-5-7(9)13/h3-5H,2H2,1H3,(H,14,16,17). The minimum Gasteiger partial charge on any atom is -0.296 e. The highest BCUT2D eigenvalue weighted by molar-refractivity contribution is 9.10. The second-order valence-electron chi connectivity index (χ2n) is 3.41. The summed E-state index contributed by atoms with van der Waals surface area (Å²) in [4.78, 5) is 11.9. The molecule has 2 rings (SSSR count). The van der Waals surface area contributed by atoms with Gasteiger partial charge in [0.2, 0.25) is 5.13 Å². The van der Waals surface area contributed by atoms with E-state index >= 15 is 0 Å². The monoisotopic (exact) mass is 329 g/mol. The van der Waals surface area contributed by atoms with Crippen molar-refractivity contribution in [2.75, 3.05) is 5.32 Å². The molecule has 0 aliphatic rings. The van der Waals surface area contributed by atoms with Gasteiger partial charge in [-0.05, 0) is 34.5 Å². The van der Waals surface area contributed by atoms with Crippen molar-refractivity contribution in [2.45, 2.75) is 13.3 Å². The Kier molecular flexibility index (Phi) is 4.03. The molecule has 0 atom stereocenters. The number of aromatic nitrogens is 2. The molecule has 18 heavy (non-hydrogen) atoms. The van der Waals surface area contributed by atoms with E-state index in [-0.39, 0.29) is 5.56 Å². The first-order chi connectivity index (χ1) is 8.61. The number of carbonyl (C=O) groups is 1. The molecule has 2 aromatic rings. The summed E-state index contributed by atoms with van der Waals surface area (Å²) < 4.78 is 14.0. The SMILES string of the molecule is CCc1nnc(NC(=O)c2c(F)cccc2Br)s1. The van der Waals surface area contributed by atoms with Crippen molar-refractivity contribution >= 4 is 38.3 Å². The average Bonchev–Trinajstić information content (AvgIpc) is 2.76. The van der Waals surface area contributed by atoms with Gasteiger partial charge in [-0.15, -0.1) is 10.2 Å². The normalized spacial score (nSPS) is 10.4. The van der Waals surface area contributed by atoms with Gasteiger partial charge in [0.1, 0.15) is 10.8 Å². The van der Waals surface area contributed by atoms with E-state index in [0.717, 1.165) is 11.4 Å². The van der Waals surface area contributed by atoms with Crippen LogP contribution in [0, 0.1) is 5.82 Å². The van der Waals surface area contributed by atoms with Gasteiger partial charge in [0.05, 0.1) is 5.56 Å². The first kappa shape index (κ1) is 13.1. The summed E-state index contributed by atoms with van der Waals surface area (Å²) in [6, 6.07) is 4.36. The van der Waals surface area contributed by atoms with Gasteiger partial charge in [0, 0.05) is 4.47 Å². The van der Waals surface area contributed by atoms with Crippen LogP contribution in [0.15, 0.2) is 22.7 Å². The van der Waals surface area contributed by atoms with Gasteiger partial charge in [-0.2, -0.15) is 0 Å². The number of rotatable bonds is 3. The summed E-state index contributed by atoms with van der Waals surface area (Å²) in [6.07, 6.45) is 0.747. The van der Waals surface area contributed by atoms with Crippen LogP contribution in [0.5, 0.6) is 0 Å². The fourth-order valence-electron chi connectivity index (χ4n) is 1.32. The molecular weight excluding hydrogens is 321 g/mol. The molecule has 7 heteroatoms. The van der Waals surface area contributed by atoms with E-state index in [1.54, 1.807) is 6.07 Å². The summed E-state index contributed by atoms with van der Waals surface area (Å²) >= 11 is 4.42. The van der Waals surface area contributed by atoms with Gasteiger partial charge >= 0.3 is 0 Å². The number of hydrogen-bond acceptors (Lipinski definition) is 4. The smallest absolute Gasteiger partial charge is 0.261 e. The molecule has 4 nitrogen and oxygen atoms in total. The molecule has 94 valence electrons. The predicted molar refractivity (Wildman–Crippen MR) is 71.3 cm³/mol. The average molecular weight is 330 g/mol. The van der Waals surface area contributed by atoms with Crippen LogP contribution in [0.4, 0.5) is 9.52 Å². The molecule has 0 aliphatic carbocycles. The van der Waals surface area contributed by atoms with E-state index in [2.05, 4.69) is 31.4 Å². The van der Waals surface area contributed by atoms with Crippen LogP contribution in [-0.2, 0) is 6.42 Å². The molecule has 1 aromatic carbocycles. The maximum atomic E-state index is 13.6. The van der Waals surface area contributed by atoms with Crippen LogP contribution >= 0.6 is 27.3 Å². The fraction of sp³-hybridized carbons (Fsp3) is 0.182. The number of nitrogens with one attached hydrogen (secondary N) is 1. The van der Waals surface area contributed by atoms with Crippen LogP contribution in [0.25, 0.3) is 0 Å². The lowest BCUT2D eigenvalue weighted by Crippen LogP contribution is -2.14. The van der Waals surface area contributed by atoms with Crippen molar-refractivity contribution in [3.05, 3.63) is 39.1 Å². The Morgan fingerprint density at radius 1 is 1.50 bits per heavy atom. The Labute approximate surface area is 115 Å². The molecule has 0 saturated carbocycles. The first-order valence-corrected chi connectivity index (χ1v) is 6.80. The number of hydrogen-bond donors (Lipinski definition) is 1. The van der Waals surface area contributed by atoms with Gasteiger partial charge < -0.3 is 0 Å². The summed E-state index contributed by atoms with van der Waals surface area (Å²) in [5.74, 6) is -1.12. The Balaban J connectivity index is 2.22. The third-order valence-corrected chi connectivity index (χ3v) is 3.82. The van der Waals surface area contributed by atoms with E-state index < -0.39 is 11.7 Å². The number of amides is 1. The van der Waals surface area contributed by atoms with Crippen LogP contribution in [-0.4, -0.2) is 16.1 Å². The van der Waals surface area contributed by atoms with Crippen molar-refractivity contribution < 1.29 is 9.18 Å². The van der Waals surface area contributed by atoms with Crippen LogP contribution in [0.2, 0.25) is 0 Å². The predicted octanol–water partition coefficient (Wildman–Crippen LogP) is 3.25. The molecule has 0 bridgehead atoms. The molecule has 1 heterocycles. The molecule has 1 N–H and O–H groups in total. The lowest BCUT2D eigenvalue weighted by atomic mass is 10.2. The molecule has 0 aliphatic heterocycles. The second-order valence-corrected chi connectivity index (χ2v) is 5.32. The minimum absolute atomic E-state index is 0.0363. The van der Waals surface area contributed by atoms with Gasteiger partial charge in [-0.3, -0.25) is 10.1 Å². The van der Waals surface area contributed by atoms with E-state index in [9.17, 15) is 9.18 Å². The van der Waals surface area contributed by atoms with E-state index in [1.165, 1.54) is 23.5 Å². The fourth-order valence-corrected chi connectivity index (χ4v) is 2.52. The third-order valence-electron chi connectivity index (χ3n) is 2.18. The van der Waals surface area contributed by atoms with E-state index in [1.807, 2.05) is 6.92 Å². The molecule has 0 fully saturated rings. The van der Waals surface area contributed by atoms with Gasteiger partial charge in [0.15, 0.2) is 0 Å². The zero-order valence-electron chi connectivity index (χ0n) is 9.41. The van der Waals surface area contributed by atoms with Crippen LogP contribution in [0.3, 0.4) is 0 Å². The quantitative estimate of drug-likeness (QED) is 0.940. The Morgan fingerprint density at radius 2 is 2.28 bits per heavy atom. The maximum absolute atomic E-state index is 13.6. The van der Waals surface area contributed by atoms with Crippen molar-refractivity contribution in [3.8, 4) is 0 Å². The van der Waals surface area contributed by atoms with Crippen molar-refractivity contribution in [1.82, 2.24) is 10.2 Å². The Hall–Kier alpha value is -1.34. The zero-order valence-corrected chi connectivity index (χ0v) is 11.8. The molecule has 0 saturated heterocycles. The zero-order chi connectivity index (χ0) is 13.1. The topological polar surface area (TPSA) is 54.9 Å². The Bertz CT molecular complexity index is 567.